The zero-order valence-corrected chi connectivity index (χ0v) is 16.7. The second-order valence-electron chi connectivity index (χ2n) is 7.81. The van der Waals surface area contributed by atoms with Crippen molar-refractivity contribution in [2.75, 3.05) is 26.3 Å². The number of rotatable bonds is 7. The molecule has 3 rings (SSSR count). The van der Waals surface area contributed by atoms with Crippen molar-refractivity contribution in [2.24, 2.45) is 18.9 Å². The molecule has 1 amide bonds. The van der Waals surface area contributed by atoms with E-state index in [1.165, 1.54) is 0 Å². The zero-order valence-electron chi connectivity index (χ0n) is 16.7. The van der Waals surface area contributed by atoms with Crippen LogP contribution in [0.15, 0.2) is 6.07 Å². The number of esters is 1. The highest BCUT2D eigenvalue weighted by molar-refractivity contribution is 5.92. The molecule has 27 heavy (non-hydrogen) atoms. The number of ether oxygens (including phenoxy) is 3. The monoisotopic (exact) mass is 379 g/mol. The first-order chi connectivity index (χ1) is 12.7. The van der Waals surface area contributed by atoms with Crippen molar-refractivity contribution in [3.63, 3.8) is 0 Å². The summed E-state index contributed by atoms with van der Waals surface area (Å²) in [5.41, 5.74) is 1.32. The summed E-state index contributed by atoms with van der Waals surface area (Å²) < 4.78 is 18.3. The molecular formula is C19H29N3O5. The molecule has 150 valence electrons. The standard InChI is InChI=1S/C19H29N3O5/c1-6-25-18(24)15-8-13(15)9-22(10-14-11-26-19(3,4)27-14)17(23)16-7-12(2)21(5)20-16/h7,13-15H,6,8-11H2,1-5H3/t13-,14+,15+/m0/s1. The molecule has 8 nitrogen and oxygen atoms in total. The van der Waals surface area contributed by atoms with Gasteiger partial charge in [0, 0.05) is 25.8 Å². The maximum Gasteiger partial charge on any atom is 0.309 e. The van der Waals surface area contributed by atoms with E-state index < -0.39 is 5.79 Å². The van der Waals surface area contributed by atoms with Gasteiger partial charge in [0.1, 0.15) is 6.10 Å². The van der Waals surface area contributed by atoms with Gasteiger partial charge in [-0.05, 0) is 46.1 Å². The molecular weight excluding hydrogens is 350 g/mol. The average molecular weight is 379 g/mol. The first-order valence-electron chi connectivity index (χ1n) is 9.48. The molecule has 1 saturated carbocycles. The van der Waals surface area contributed by atoms with Crippen LogP contribution in [0.2, 0.25) is 0 Å². The second-order valence-corrected chi connectivity index (χ2v) is 7.81. The third kappa shape index (κ3) is 4.68. The molecule has 0 spiro atoms. The minimum Gasteiger partial charge on any atom is -0.466 e. The first kappa shape index (κ1) is 19.8. The summed E-state index contributed by atoms with van der Waals surface area (Å²) in [5, 5.41) is 4.31. The summed E-state index contributed by atoms with van der Waals surface area (Å²) in [7, 11) is 1.81. The van der Waals surface area contributed by atoms with Gasteiger partial charge >= 0.3 is 5.97 Å². The summed E-state index contributed by atoms with van der Waals surface area (Å²) in [4.78, 5) is 26.7. The van der Waals surface area contributed by atoms with E-state index in [4.69, 9.17) is 14.2 Å². The lowest BCUT2D eigenvalue weighted by Gasteiger charge is -2.25. The summed E-state index contributed by atoms with van der Waals surface area (Å²) in [6.07, 6.45) is 0.547. The van der Waals surface area contributed by atoms with Crippen LogP contribution in [0.25, 0.3) is 0 Å². The minimum absolute atomic E-state index is 0.119. The molecule has 2 heterocycles. The molecule has 1 aliphatic carbocycles. The van der Waals surface area contributed by atoms with Crippen molar-refractivity contribution in [3.8, 4) is 0 Å². The van der Waals surface area contributed by atoms with E-state index in [1.54, 1.807) is 22.6 Å². The van der Waals surface area contributed by atoms with Crippen molar-refractivity contribution in [2.45, 2.75) is 46.0 Å². The van der Waals surface area contributed by atoms with Crippen molar-refractivity contribution < 1.29 is 23.8 Å². The summed E-state index contributed by atoms with van der Waals surface area (Å²) in [5.74, 6) is -0.976. The van der Waals surface area contributed by atoms with Gasteiger partial charge in [-0.3, -0.25) is 14.3 Å². The van der Waals surface area contributed by atoms with Crippen LogP contribution < -0.4 is 0 Å². The highest BCUT2D eigenvalue weighted by Crippen LogP contribution is 2.40. The van der Waals surface area contributed by atoms with Gasteiger partial charge in [0.05, 0.1) is 19.1 Å². The molecule has 1 saturated heterocycles. The van der Waals surface area contributed by atoms with Crippen LogP contribution in [-0.2, 0) is 26.1 Å². The summed E-state index contributed by atoms with van der Waals surface area (Å²) in [6, 6.07) is 1.78. The lowest BCUT2D eigenvalue weighted by atomic mass is 10.2. The van der Waals surface area contributed by atoms with Crippen LogP contribution in [0.4, 0.5) is 0 Å². The fourth-order valence-corrected chi connectivity index (χ4v) is 3.44. The predicted molar refractivity (Wildman–Crippen MR) is 97.0 cm³/mol. The van der Waals surface area contributed by atoms with E-state index in [0.29, 0.717) is 32.0 Å². The van der Waals surface area contributed by atoms with Crippen molar-refractivity contribution in [3.05, 3.63) is 17.5 Å². The zero-order chi connectivity index (χ0) is 19.8. The van der Waals surface area contributed by atoms with Crippen LogP contribution >= 0.6 is 0 Å². The van der Waals surface area contributed by atoms with Crippen molar-refractivity contribution >= 4 is 11.9 Å². The van der Waals surface area contributed by atoms with E-state index >= 15 is 0 Å². The Labute approximate surface area is 159 Å². The van der Waals surface area contributed by atoms with Gasteiger partial charge in [0.15, 0.2) is 11.5 Å². The number of nitrogens with zero attached hydrogens (tertiary/aromatic N) is 3. The molecule has 0 unspecified atom stereocenters. The highest BCUT2D eigenvalue weighted by atomic mass is 16.7. The molecule has 0 radical (unpaired) electrons. The smallest absolute Gasteiger partial charge is 0.309 e. The van der Waals surface area contributed by atoms with Gasteiger partial charge in [0.25, 0.3) is 5.91 Å². The van der Waals surface area contributed by atoms with Crippen LogP contribution in [0.3, 0.4) is 0 Å². The number of aryl methyl sites for hydroxylation is 2. The molecule has 1 aromatic heterocycles. The van der Waals surface area contributed by atoms with Gasteiger partial charge < -0.3 is 19.1 Å². The SMILES string of the molecule is CCOC(=O)[C@@H]1C[C@H]1CN(C[C@@H]1COC(C)(C)O1)C(=O)c1cc(C)n(C)n1. The quantitative estimate of drug-likeness (QED) is 0.668. The van der Waals surface area contributed by atoms with Crippen LogP contribution in [0, 0.1) is 18.8 Å². The molecule has 8 heteroatoms. The second kappa shape index (κ2) is 7.59. The molecule has 1 aliphatic heterocycles. The van der Waals surface area contributed by atoms with Crippen LogP contribution in [0.5, 0.6) is 0 Å². The van der Waals surface area contributed by atoms with Crippen molar-refractivity contribution in [1.82, 2.24) is 14.7 Å². The Balaban J connectivity index is 1.69. The fraction of sp³-hybridized carbons (Fsp3) is 0.737. The van der Waals surface area contributed by atoms with Gasteiger partial charge in [0.2, 0.25) is 0 Å². The topological polar surface area (TPSA) is 82.9 Å². The van der Waals surface area contributed by atoms with E-state index in [2.05, 4.69) is 5.10 Å². The largest absolute Gasteiger partial charge is 0.466 e. The van der Waals surface area contributed by atoms with E-state index in [0.717, 1.165) is 12.1 Å². The van der Waals surface area contributed by atoms with Crippen LogP contribution in [-0.4, -0.2) is 64.8 Å². The van der Waals surface area contributed by atoms with Gasteiger partial charge in [-0.25, -0.2) is 0 Å². The van der Waals surface area contributed by atoms with E-state index in [1.807, 2.05) is 27.8 Å². The Kier molecular flexibility index (Phi) is 5.58. The number of aromatic nitrogens is 2. The first-order valence-corrected chi connectivity index (χ1v) is 9.48. The Morgan fingerprint density at radius 2 is 2.15 bits per heavy atom. The maximum atomic E-state index is 13.1. The minimum atomic E-state index is -0.645. The molecule has 1 aromatic rings. The molecule has 0 aromatic carbocycles. The fourth-order valence-electron chi connectivity index (χ4n) is 3.44. The molecule has 0 N–H and O–H groups in total. The van der Waals surface area contributed by atoms with Gasteiger partial charge in [-0.1, -0.05) is 0 Å². The Morgan fingerprint density at radius 3 is 2.70 bits per heavy atom. The van der Waals surface area contributed by atoms with Gasteiger partial charge in [-0.15, -0.1) is 0 Å². The lowest BCUT2D eigenvalue weighted by molar-refractivity contribution is -0.145. The lowest BCUT2D eigenvalue weighted by Crippen LogP contribution is -2.41. The average Bonchev–Trinajstić information content (AvgIpc) is 3.17. The van der Waals surface area contributed by atoms with Crippen LogP contribution in [0.1, 0.15) is 43.4 Å². The Hall–Kier alpha value is -1.93. The predicted octanol–water partition coefficient (Wildman–Crippen LogP) is 1.52. The van der Waals surface area contributed by atoms with E-state index in [9.17, 15) is 9.59 Å². The summed E-state index contributed by atoms with van der Waals surface area (Å²) in [6.45, 7) is 9.13. The van der Waals surface area contributed by atoms with E-state index in [-0.39, 0.29) is 29.8 Å². The highest BCUT2D eigenvalue weighted by Gasteiger charge is 2.46. The maximum absolute atomic E-state index is 13.1. The Bertz CT molecular complexity index is 695. The molecule has 2 aliphatic rings. The third-order valence-corrected chi connectivity index (χ3v) is 5.08. The molecule has 0 bridgehead atoms. The molecule has 3 atom stereocenters. The number of carbonyl (C=O) groups is 2. The Morgan fingerprint density at radius 1 is 1.41 bits per heavy atom. The number of hydrogen-bond donors (Lipinski definition) is 0. The van der Waals surface area contributed by atoms with Crippen molar-refractivity contribution in [1.29, 1.82) is 0 Å². The normalized spacial score (nSPS) is 26.0. The summed E-state index contributed by atoms with van der Waals surface area (Å²) >= 11 is 0. The number of carbonyl (C=O) groups excluding carboxylic acids is 2. The third-order valence-electron chi connectivity index (χ3n) is 5.08. The molecule has 2 fully saturated rings. The van der Waals surface area contributed by atoms with Gasteiger partial charge in [-0.2, -0.15) is 5.10 Å². The number of hydrogen-bond acceptors (Lipinski definition) is 6. The number of amides is 1.